The molecule has 4 nitrogen and oxygen atoms in total. The van der Waals surface area contributed by atoms with E-state index in [2.05, 4.69) is 5.10 Å². The van der Waals surface area contributed by atoms with Crippen LogP contribution in [0.4, 0.5) is 4.39 Å². The average Bonchev–Trinajstić information content (AvgIpc) is 2.93. The van der Waals surface area contributed by atoms with Crippen LogP contribution in [0.1, 0.15) is 0 Å². The number of hydrogen-bond donors (Lipinski definition) is 0. The van der Waals surface area contributed by atoms with Gasteiger partial charge in [-0.1, -0.05) is 12.1 Å². The standard InChI is InChI=1S/C16H15FN2O2/c17-14-4-2-1-3-10(14)15-5-6-16(20)19(18-15)7-11-12-8-21-9-13(11)12/h1-6,11-13H,7-9H2. The van der Waals surface area contributed by atoms with E-state index in [4.69, 9.17) is 4.74 Å². The SMILES string of the molecule is O=c1ccc(-c2ccccc2F)nn1CC1C2COCC21. The van der Waals surface area contributed by atoms with Gasteiger partial charge in [-0.05, 0) is 36.0 Å². The first-order valence-electron chi connectivity index (χ1n) is 7.15. The van der Waals surface area contributed by atoms with Crippen molar-refractivity contribution in [2.24, 2.45) is 17.8 Å². The molecule has 0 spiro atoms. The predicted octanol–water partition coefficient (Wildman–Crippen LogP) is 1.94. The number of benzene rings is 1. The fourth-order valence-corrected chi connectivity index (χ4v) is 3.22. The Balaban J connectivity index is 1.64. The summed E-state index contributed by atoms with van der Waals surface area (Å²) >= 11 is 0. The van der Waals surface area contributed by atoms with Crippen LogP contribution in [0.25, 0.3) is 11.3 Å². The van der Waals surface area contributed by atoms with Crippen LogP contribution in [0.5, 0.6) is 0 Å². The summed E-state index contributed by atoms with van der Waals surface area (Å²) in [6.07, 6.45) is 0. The van der Waals surface area contributed by atoms with Crippen LogP contribution in [0.3, 0.4) is 0 Å². The first kappa shape index (κ1) is 12.7. The molecule has 2 fully saturated rings. The quantitative estimate of drug-likeness (QED) is 0.866. The molecule has 2 aliphatic rings. The highest BCUT2D eigenvalue weighted by atomic mass is 19.1. The summed E-state index contributed by atoms with van der Waals surface area (Å²) in [7, 11) is 0. The number of rotatable bonds is 3. The lowest BCUT2D eigenvalue weighted by molar-refractivity contribution is 0.147. The van der Waals surface area contributed by atoms with Gasteiger partial charge in [0.05, 0.1) is 18.9 Å². The second-order valence-electron chi connectivity index (χ2n) is 5.75. The van der Waals surface area contributed by atoms with Gasteiger partial charge in [-0.25, -0.2) is 9.07 Å². The molecule has 0 N–H and O–H groups in total. The van der Waals surface area contributed by atoms with E-state index >= 15 is 0 Å². The van der Waals surface area contributed by atoms with E-state index in [0.717, 1.165) is 13.2 Å². The Morgan fingerprint density at radius 2 is 1.95 bits per heavy atom. The van der Waals surface area contributed by atoms with E-state index < -0.39 is 0 Å². The largest absolute Gasteiger partial charge is 0.381 e. The van der Waals surface area contributed by atoms with Crippen LogP contribution in [-0.4, -0.2) is 23.0 Å². The molecule has 1 aromatic heterocycles. The third kappa shape index (κ3) is 2.17. The fraction of sp³-hybridized carbons (Fsp3) is 0.375. The molecule has 1 aliphatic heterocycles. The van der Waals surface area contributed by atoms with Crippen LogP contribution in [0, 0.1) is 23.6 Å². The molecule has 1 saturated carbocycles. The number of hydrogen-bond acceptors (Lipinski definition) is 3. The molecule has 5 heteroatoms. The minimum absolute atomic E-state index is 0.138. The van der Waals surface area contributed by atoms with Gasteiger partial charge >= 0.3 is 0 Å². The lowest BCUT2D eigenvalue weighted by Crippen LogP contribution is -2.24. The van der Waals surface area contributed by atoms with Gasteiger partial charge in [-0.15, -0.1) is 0 Å². The predicted molar refractivity (Wildman–Crippen MR) is 75.2 cm³/mol. The molecular formula is C16H15FN2O2. The second-order valence-corrected chi connectivity index (χ2v) is 5.75. The summed E-state index contributed by atoms with van der Waals surface area (Å²) in [5.41, 5.74) is 0.779. The third-order valence-corrected chi connectivity index (χ3v) is 4.53. The van der Waals surface area contributed by atoms with Crippen molar-refractivity contribution < 1.29 is 9.13 Å². The zero-order chi connectivity index (χ0) is 14.4. The Morgan fingerprint density at radius 1 is 1.19 bits per heavy atom. The number of ether oxygens (including phenoxy) is 1. The molecule has 1 aliphatic carbocycles. The lowest BCUT2D eigenvalue weighted by Gasteiger charge is -2.09. The van der Waals surface area contributed by atoms with Gasteiger partial charge in [0, 0.05) is 18.2 Å². The van der Waals surface area contributed by atoms with E-state index in [0.29, 0.717) is 35.6 Å². The Bertz CT molecular complexity index is 733. The summed E-state index contributed by atoms with van der Waals surface area (Å²) in [6, 6.07) is 9.51. The highest BCUT2D eigenvalue weighted by molar-refractivity contribution is 5.58. The molecule has 2 heterocycles. The third-order valence-electron chi connectivity index (χ3n) is 4.53. The average molecular weight is 286 g/mol. The number of fused-ring (bicyclic) bond motifs is 1. The van der Waals surface area contributed by atoms with Crippen molar-refractivity contribution in [1.29, 1.82) is 0 Å². The molecule has 0 bridgehead atoms. The lowest BCUT2D eigenvalue weighted by atomic mass is 10.1. The topological polar surface area (TPSA) is 44.1 Å². The van der Waals surface area contributed by atoms with Crippen molar-refractivity contribution in [1.82, 2.24) is 9.78 Å². The van der Waals surface area contributed by atoms with E-state index in [1.807, 2.05) is 0 Å². The molecular weight excluding hydrogens is 271 g/mol. The molecule has 1 aromatic carbocycles. The van der Waals surface area contributed by atoms with Crippen molar-refractivity contribution in [2.75, 3.05) is 13.2 Å². The number of nitrogens with zero attached hydrogens (tertiary/aromatic N) is 2. The maximum Gasteiger partial charge on any atom is 0.266 e. The molecule has 4 rings (SSSR count). The van der Waals surface area contributed by atoms with Gasteiger partial charge in [-0.3, -0.25) is 4.79 Å². The summed E-state index contributed by atoms with van der Waals surface area (Å²) in [5.74, 6) is 1.28. The summed E-state index contributed by atoms with van der Waals surface area (Å²) < 4.78 is 20.6. The Hall–Kier alpha value is -2.01. The summed E-state index contributed by atoms with van der Waals surface area (Å²) in [4.78, 5) is 11.9. The molecule has 2 aromatic rings. The van der Waals surface area contributed by atoms with E-state index in [9.17, 15) is 9.18 Å². The zero-order valence-corrected chi connectivity index (χ0v) is 11.4. The number of aromatic nitrogens is 2. The highest BCUT2D eigenvalue weighted by Gasteiger charge is 2.53. The van der Waals surface area contributed by atoms with Crippen LogP contribution in [0.15, 0.2) is 41.2 Å². The normalized spacial score (nSPS) is 26.6. The molecule has 2 atom stereocenters. The minimum Gasteiger partial charge on any atom is -0.381 e. The first-order valence-corrected chi connectivity index (χ1v) is 7.15. The second kappa shape index (κ2) is 4.77. The fourth-order valence-electron chi connectivity index (χ4n) is 3.22. The van der Waals surface area contributed by atoms with Gasteiger partial charge in [-0.2, -0.15) is 5.10 Å². The van der Waals surface area contributed by atoms with E-state index in [1.165, 1.54) is 16.8 Å². The molecule has 21 heavy (non-hydrogen) atoms. The molecule has 0 radical (unpaired) electrons. The first-order chi connectivity index (χ1) is 10.2. The van der Waals surface area contributed by atoms with Crippen molar-refractivity contribution in [3.05, 3.63) is 52.6 Å². The van der Waals surface area contributed by atoms with Gasteiger partial charge < -0.3 is 4.74 Å². The Labute approximate surface area is 121 Å². The van der Waals surface area contributed by atoms with Gasteiger partial charge in [0.25, 0.3) is 5.56 Å². The summed E-state index contributed by atoms with van der Waals surface area (Å²) in [5, 5.41) is 4.33. The van der Waals surface area contributed by atoms with Crippen molar-refractivity contribution in [3.63, 3.8) is 0 Å². The van der Waals surface area contributed by atoms with Gasteiger partial charge in [0.2, 0.25) is 0 Å². The van der Waals surface area contributed by atoms with E-state index in [-0.39, 0.29) is 11.4 Å². The van der Waals surface area contributed by atoms with Crippen LogP contribution < -0.4 is 5.56 Å². The van der Waals surface area contributed by atoms with Crippen LogP contribution in [-0.2, 0) is 11.3 Å². The van der Waals surface area contributed by atoms with Crippen molar-refractivity contribution >= 4 is 0 Å². The zero-order valence-electron chi connectivity index (χ0n) is 11.4. The number of halogens is 1. The maximum atomic E-state index is 13.8. The smallest absolute Gasteiger partial charge is 0.266 e. The summed E-state index contributed by atoms with van der Waals surface area (Å²) in [6.45, 7) is 2.17. The Morgan fingerprint density at radius 3 is 2.71 bits per heavy atom. The molecule has 2 unspecified atom stereocenters. The van der Waals surface area contributed by atoms with Gasteiger partial charge in [0.15, 0.2) is 0 Å². The monoisotopic (exact) mass is 286 g/mol. The molecule has 0 amide bonds. The van der Waals surface area contributed by atoms with E-state index in [1.54, 1.807) is 24.3 Å². The van der Waals surface area contributed by atoms with Crippen LogP contribution >= 0.6 is 0 Å². The highest BCUT2D eigenvalue weighted by Crippen LogP contribution is 2.51. The van der Waals surface area contributed by atoms with Gasteiger partial charge in [0.1, 0.15) is 5.82 Å². The van der Waals surface area contributed by atoms with Crippen LogP contribution in [0.2, 0.25) is 0 Å². The minimum atomic E-state index is -0.327. The Kier molecular flexibility index (Phi) is 2.89. The maximum absolute atomic E-state index is 13.8. The molecule has 108 valence electrons. The van der Waals surface area contributed by atoms with Crippen molar-refractivity contribution in [2.45, 2.75) is 6.54 Å². The van der Waals surface area contributed by atoms with Crippen molar-refractivity contribution in [3.8, 4) is 11.3 Å². The molecule has 1 saturated heterocycles.